The van der Waals surface area contributed by atoms with Gasteiger partial charge < -0.3 is 14.4 Å². The molecule has 3 aromatic rings. The molecule has 0 saturated carbocycles. The number of hydrogen-bond acceptors (Lipinski definition) is 7. The van der Waals surface area contributed by atoms with Crippen molar-refractivity contribution in [2.45, 2.75) is 46.1 Å². The minimum atomic E-state index is -0.791. The average Bonchev–Trinajstić information content (AvgIpc) is 2.95. The molecule has 0 spiro atoms. The summed E-state index contributed by atoms with van der Waals surface area (Å²) < 4.78 is 12.5. The second-order valence-corrected chi connectivity index (χ2v) is 9.87. The van der Waals surface area contributed by atoms with Crippen LogP contribution < -0.4 is 16.0 Å². The third kappa shape index (κ3) is 6.10. The molecule has 0 radical (unpaired) electrons. The summed E-state index contributed by atoms with van der Waals surface area (Å²) in [5, 5.41) is 4.27. The number of rotatable bonds is 8. The molecule has 10 heteroatoms. The van der Waals surface area contributed by atoms with Gasteiger partial charge in [-0.25, -0.2) is 4.79 Å². The van der Waals surface area contributed by atoms with Crippen molar-refractivity contribution in [1.82, 2.24) is 19.2 Å². The molecule has 206 valence electrons. The number of amides is 1. The summed E-state index contributed by atoms with van der Waals surface area (Å²) >= 11 is 0. The molecule has 0 aliphatic carbocycles. The van der Waals surface area contributed by atoms with Gasteiger partial charge >= 0.3 is 11.7 Å². The van der Waals surface area contributed by atoms with Gasteiger partial charge in [0.25, 0.3) is 11.5 Å². The molecule has 4 rings (SSSR count). The second kappa shape index (κ2) is 12.1. The Kier molecular flexibility index (Phi) is 8.63. The predicted octanol–water partition coefficient (Wildman–Crippen LogP) is 2.99. The highest BCUT2D eigenvalue weighted by molar-refractivity contribution is 5.92. The Bertz CT molecular complexity index is 1460. The van der Waals surface area contributed by atoms with E-state index in [0.717, 1.165) is 14.8 Å². The first kappa shape index (κ1) is 27.8. The van der Waals surface area contributed by atoms with E-state index in [-0.39, 0.29) is 37.3 Å². The minimum Gasteiger partial charge on any atom is -0.497 e. The van der Waals surface area contributed by atoms with Gasteiger partial charge in [-0.3, -0.25) is 19.0 Å². The van der Waals surface area contributed by atoms with E-state index in [1.54, 1.807) is 43.3 Å². The van der Waals surface area contributed by atoms with Crippen molar-refractivity contribution in [2.24, 2.45) is 5.92 Å². The topological polar surface area (TPSA) is 113 Å². The van der Waals surface area contributed by atoms with Gasteiger partial charge in [-0.2, -0.15) is 9.78 Å². The molecule has 1 unspecified atom stereocenters. The summed E-state index contributed by atoms with van der Waals surface area (Å²) in [6.07, 6.45) is 1.18. The van der Waals surface area contributed by atoms with Crippen molar-refractivity contribution >= 4 is 11.9 Å². The fourth-order valence-electron chi connectivity index (χ4n) is 4.67. The Balaban J connectivity index is 1.79. The zero-order valence-corrected chi connectivity index (χ0v) is 22.8. The number of carbonyl (C=O) groups is 2. The number of benzene rings is 2. The van der Waals surface area contributed by atoms with E-state index < -0.39 is 23.1 Å². The first-order valence-electron chi connectivity index (χ1n) is 13.2. The van der Waals surface area contributed by atoms with Gasteiger partial charge in [0.1, 0.15) is 5.75 Å². The van der Waals surface area contributed by atoms with Crippen LogP contribution in [0.25, 0.3) is 5.69 Å². The van der Waals surface area contributed by atoms with E-state index in [0.29, 0.717) is 36.4 Å². The molecule has 1 saturated heterocycles. The van der Waals surface area contributed by atoms with Gasteiger partial charge in [-0.05, 0) is 61.1 Å². The van der Waals surface area contributed by atoms with E-state index in [1.165, 1.54) is 12.0 Å². The number of ether oxygens (including phenoxy) is 2. The molecule has 1 aromatic heterocycles. The lowest BCUT2D eigenvalue weighted by atomic mass is 9.98. The predicted molar refractivity (Wildman–Crippen MR) is 146 cm³/mol. The Morgan fingerprint density at radius 1 is 1.10 bits per heavy atom. The van der Waals surface area contributed by atoms with Crippen molar-refractivity contribution in [3.8, 4) is 11.4 Å². The molecule has 0 bridgehead atoms. The Morgan fingerprint density at radius 2 is 1.85 bits per heavy atom. The maximum Gasteiger partial charge on any atom is 0.352 e. The molecule has 1 fully saturated rings. The summed E-state index contributed by atoms with van der Waals surface area (Å²) in [5.41, 5.74) is 0.322. The van der Waals surface area contributed by atoms with Crippen LogP contribution in [0.3, 0.4) is 0 Å². The van der Waals surface area contributed by atoms with Crippen LogP contribution in [0.2, 0.25) is 0 Å². The van der Waals surface area contributed by atoms with Gasteiger partial charge in [0, 0.05) is 13.1 Å². The maximum atomic E-state index is 13.7. The van der Waals surface area contributed by atoms with Crippen LogP contribution in [0.15, 0.2) is 58.1 Å². The molecular weight excluding hydrogens is 500 g/mol. The Labute approximate surface area is 226 Å². The molecule has 1 atom stereocenters. The van der Waals surface area contributed by atoms with E-state index in [9.17, 15) is 19.2 Å². The van der Waals surface area contributed by atoms with Crippen molar-refractivity contribution in [2.75, 3.05) is 26.8 Å². The average molecular weight is 535 g/mol. The molecule has 1 aliphatic rings. The zero-order valence-electron chi connectivity index (χ0n) is 22.8. The molecular formula is C29H34N4O6. The van der Waals surface area contributed by atoms with Gasteiger partial charge in [-0.1, -0.05) is 38.1 Å². The van der Waals surface area contributed by atoms with Crippen LogP contribution in [0, 0.1) is 5.92 Å². The van der Waals surface area contributed by atoms with Crippen LogP contribution in [-0.2, 0) is 16.1 Å². The van der Waals surface area contributed by atoms with Crippen molar-refractivity contribution < 1.29 is 19.1 Å². The summed E-state index contributed by atoms with van der Waals surface area (Å²) in [7, 11) is 1.53. The molecule has 39 heavy (non-hydrogen) atoms. The van der Waals surface area contributed by atoms with Gasteiger partial charge in [0.05, 0.1) is 31.9 Å². The summed E-state index contributed by atoms with van der Waals surface area (Å²) in [4.78, 5) is 54.6. The highest BCUT2D eigenvalue weighted by atomic mass is 16.5. The summed E-state index contributed by atoms with van der Waals surface area (Å²) in [6, 6.07) is 14.3. The smallest absolute Gasteiger partial charge is 0.352 e. The van der Waals surface area contributed by atoms with E-state index in [2.05, 4.69) is 18.9 Å². The first-order valence-corrected chi connectivity index (χ1v) is 13.2. The van der Waals surface area contributed by atoms with Crippen molar-refractivity contribution in [3.05, 3.63) is 86.2 Å². The lowest BCUT2D eigenvalue weighted by molar-refractivity contribution is -0.149. The van der Waals surface area contributed by atoms with Gasteiger partial charge in [-0.15, -0.1) is 0 Å². The number of aromatic nitrogens is 3. The summed E-state index contributed by atoms with van der Waals surface area (Å²) in [6.45, 7) is 6.52. The normalized spacial score (nSPS) is 15.3. The molecule has 10 nitrogen and oxygen atoms in total. The van der Waals surface area contributed by atoms with Gasteiger partial charge in [0.2, 0.25) is 5.69 Å². The molecule has 0 N–H and O–H groups in total. The van der Waals surface area contributed by atoms with E-state index >= 15 is 0 Å². The fraction of sp³-hybridized carbons (Fsp3) is 0.414. The monoisotopic (exact) mass is 534 g/mol. The molecule has 1 aliphatic heterocycles. The SMILES string of the molecule is CCOC(=O)C1CCCN(C(=O)c2nn(-c3ccc(C(C)C)cc3)c(=O)n(Cc3cccc(OC)c3)c2=O)C1. The second-order valence-electron chi connectivity index (χ2n) is 9.87. The molecule has 1 amide bonds. The third-order valence-electron chi connectivity index (χ3n) is 6.87. The quantitative estimate of drug-likeness (QED) is 0.408. The molecule has 2 aromatic carbocycles. The first-order chi connectivity index (χ1) is 18.7. The van der Waals surface area contributed by atoms with Crippen molar-refractivity contribution in [1.29, 1.82) is 0 Å². The van der Waals surface area contributed by atoms with Crippen LogP contribution in [0.4, 0.5) is 0 Å². The van der Waals surface area contributed by atoms with E-state index in [4.69, 9.17) is 9.47 Å². The Hall–Kier alpha value is -4.21. The van der Waals surface area contributed by atoms with Crippen LogP contribution >= 0.6 is 0 Å². The fourth-order valence-corrected chi connectivity index (χ4v) is 4.67. The third-order valence-corrected chi connectivity index (χ3v) is 6.87. The van der Waals surface area contributed by atoms with Crippen LogP contribution in [0.1, 0.15) is 61.1 Å². The Morgan fingerprint density at radius 3 is 2.51 bits per heavy atom. The number of carbonyl (C=O) groups excluding carboxylic acids is 2. The van der Waals surface area contributed by atoms with Crippen LogP contribution in [0.5, 0.6) is 5.75 Å². The number of hydrogen-bond donors (Lipinski definition) is 0. The lowest BCUT2D eigenvalue weighted by Crippen LogP contribution is -2.49. The van der Waals surface area contributed by atoms with Gasteiger partial charge in [0.15, 0.2) is 0 Å². The zero-order chi connectivity index (χ0) is 28.1. The van der Waals surface area contributed by atoms with Crippen molar-refractivity contribution in [3.63, 3.8) is 0 Å². The maximum absolute atomic E-state index is 13.7. The largest absolute Gasteiger partial charge is 0.497 e. The highest BCUT2D eigenvalue weighted by Gasteiger charge is 2.32. The van der Waals surface area contributed by atoms with E-state index in [1.807, 2.05) is 12.1 Å². The number of methoxy groups -OCH3 is 1. The standard InChI is InChI=1S/C29H34N4O6/c1-5-39-28(36)22-9-7-15-31(18-22)26(34)25-27(35)32(17-20-8-6-10-24(16-20)38-4)29(37)33(30-25)23-13-11-21(12-14-23)19(2)3/h6,8,10-14,16,19,22H,5,7,9,15,17-18H2,1-4H3. The molecule has 2 heterocycles. The lowest BCUT2D eigenvalue weighted by Gasteiger charge is -2.31. The number of piperidine rings is 1. The number of esters is 1. The highest BCUT2D eigenvalue weighted by Crippen LogP contribution is 2.20. The van der Waals surface area contributed by atoms with Crippen LogP contribution in [-0.4, -0.2) is 57.9 Å². The minimum absolute atomic E-state index is 0.0762. The number of likely N-dealkylation sites (tertiary alicyclic amines) is 1. The number of nitrogens with zero attached hydrogens (tertiary/aromatic N) is 4. The summed E-state index contributed by atoms with van der Waals surface area (Å²) in [5.74, 6) is -0.603.